The van der Waals surface area contributed by atoms with Gasteiger partial charge in [-0.1, -0.05) is 12.1 Å². The molecule has 5 nitrogen and oxygen atoms in total. The van der Waals surface area contributed by atoms with Crippen molar-refractivity contribution in [3.8, 4) is 12.3 Å². The summed E-state index contributed by atoms with van der Waals surface area (Å²) in [6, 6.07) is 5.82. The first-order valence-corrected chi connectivity index (χ1v) is 6.83. The van der Waals surface area contributed by atoms with Gasteiger partial charge < -0.3 is 5.11 Å². The number of benzene rings is 1. The van der Waals surface area contributed by atoms with Gasteiger partial charge in [-0.05, 0) is 17.7 Å². The van der Waals surface area contributed by atoms with Crippen molar-refractivity contribution >= 4 is 16.0 Å². The molecule has 18 heavy (non-hydrogen) atoms. The monoisotopic (exact) mass is 267 g/mol. The zero-order chi connectivity index (χ0) is 13.6. The molecule has 6 heteroatoms. The average Bonchev–Trinajstić information content (AvgIpc) is 2.28. The van der Waals surface area contributed by atoms with E-state index in [9.17, 15) is 13.2 Å². The van der Waals surface area contributed by atoms with E-state index in [4.69, 9.17) is 11.5 Å². The Morgan fingerprint density at radius 2 is 2.17 bits per heavy atom. The van der Waals surface area contributed by atoms with Crippen LogP contribution in [-0.2, 0) is 15.8 Å². The van der Waals surface area contributed by atoms with E-state index >= 15 is 0 Å². The van der Waals surface area contributed by atoms with Gasteiger partial charge in [-0.15, -0.1) is 12.3 Å². The molecule has 0 fully saturated rings. The van der Waals surface area contributed by atoms with Crippen LogP contribution in [0.15, 0.2) is 24.3 Å². The maximum Gasteiger partial charge on any atom is 0.335 e. The highest BCUT2D eigenvalue weighted by Crippen LogP contribution is 2.08. The third-order valence-corrected chi connectivity index (χ3v) is 3.48. The van der Waals surface area contributed by atoms with Crippen LogP contribution in [0.4, 0.5) is 0 Å². The first kappa shape index (κ1) is 14.2. The second-order valence-corrected chi connectivity index (χ2v) is 5.42. The lowest BCUT2D eigenvalue weighted by molar-refractivity contribution is 0.0696. The van der Waals surface area contributed by atoms with Gasteiger partial charge in [-0.2, -0.15) is 0 Å². The van der Waals surface area contributed by atoms with Gasteiger partial charge in [0.05, 0.1) is 11.3 Å². The van der Waals surface area contributed by atoms with Crippen molar-refractivity contribution in [1.82, 2.24) is 4.72 Å². The van der Waals surface area contributed by atoms with Gasteiger partial charge in [-0.25, -0.2) is 17.9 Å². The Morgan fingerprint density at radius 1 is 1.44 bits per heavy atom. The van der Waals surface area contributed by atoms with Crippen LogP contribution in [0.5, 0.6) is 0 Å². The topological polar surface area (TPSA) is 83.5 Å². The number of hydrogen-bond acceptors (Lipinski definition) is 3. The van der Waals surface area contributed by atoms with E-state index in [1.165, 1.54) is 18.2 Å². The van der Waals surface area contributed by atoms with E-state index in [2.05, 4.69) is 10.6 Å². The van der Waals surface area contributed by atoms with Crippen LogP contribution in [-0.4, -0.2) is 26.0 Å². The third kappa shape index (κ3) is 4.57. The number of rotatable bonds is 6. The van der Waals surface area contributed by atoms with E-state index in [0.29, 0.717) is 12.0 Å². The van der Waals surface area contributed by atoms with Crippen molar-refractivity contribution in [2.45, 2.75) is 12.2 Å². The summed E-state index contributed by atoms with van der Waals surface area (Å²) < 4.78 is 25.6. The lowest BCUT2D eigenvalue weighted by Crippen LogP contribution is -2.26. The molecule has 0 saturated carbocycles. The first-order chi connectivity index (χ1) is 8.44. The molecule has 1 aromatic rings. The number of carbonyl (C=O) groups is 1. The Kier molecular flexibility index (Phi) is 4.89. The molecule has 1 rings (SSSR count). The van der Waals surface area contributed by atoms with Gasteiger partial charge in [0.2, 0.25) is 10.0 Å². The molecule has 96 valence electrons. The number of carboxylic acid groups (broad SMARTS) is 1. The number of nitrogens with one attached hydrogen (secondary N) is 1. The molecule has 0 bridgehead atoms. The van der Waals surface area contributed by atoms with Crippen molar-refractivity contribution < 1.29 is 18.3 Å². The maximum absolute atomic E-state index is 11.6. The summed E-state index contributed by atoms with van der Waals surface area (Å²) >= 11 is 0. The quantitative estimate of drug-likeness (QED) is 0.590. The fraction of sp³-hybridized carbons (Fsp3) is 0.250. The molecule has 0 unspecified atom stereocenters. The Labute approximate surface area is 106 Å². The first-order valence-electron chi connectivity index (χ1n) is 5.17. The molecule has 0 aliphatic rings. The summed E-state index contributed by atoms with van der Waals surface area (Å²) in [6.07, 6.45) is 5.33. The molecular weight excluding hydrogens is 254 g/mol. The summed E-state index contributed by atoms with van der Waals surface area (Å²) in [5.74, 6) is 0.970. The molecule has 0 aromatic heterocycles. The maximum atomic E-state index is 11.6. The van der Waals surface area contributed by atoms with Crippen molar-refractivity contribution in [3.05, 3.63) is 35.4 Å². The van der Waals surface area contributed by atoms with Crippen LogP contribution < -0.4 is 4.72 Å². The van der Waals surface area contributed by atoms with Gasteiger partial charge in [0.25, 0.3) is 0 Å². The van der Waals surface area contributed by atoms with Crippen molar-refractivity contribution in [2.75, 3.05) is 6.54 Å². The molecule has 1 aromatic carbocycles. The highest BCUT2D eigenvalue weighted by atomic mass is 32.2. The number of carboxylic acids is 1. The van der Waals surface area contributed by atoms with E-state index in [1.807, 2.05) is 0 Å². The zero-order valence-electron chi connectivity index (χ0n) is 9.59. The Balaban J connectivity index is 2.75. The van der Waals surface area contributed by atoms with Crippen molar-refractivity contribution in [1.29, 1.82) is 0 Å². The van der Waals surface area contributed by atoms with Crippen LogP contribution >= 0.6 is 0 Å². The Bertz CT molecular complexity index is 572. The molecule has 0 heterocycles. The number of terminal acetylenes is 1. The smallest absolute Gasteiger partial charge is 0.335 e. The van der Waals surface area contributed by atoms with Crippen LogP contribution in [0.2, 0.25) is 0 Å². The average molecular weight is 267 g/mol. The van der Waals surface area contributed by atoms with Gasteiger partial charge in [0.1, 0.15) is 0 Å². The molecule has 0 saturated heterocycles. The minimum atomic E-state index is -3.49. The predicted octanol–water partition coefficient (Wildman–Crippen LogP) is 0.827. The summed E-state index contributed by atoms with van der Waals surface area (Å²) in [4.78, 5) is 10.7. The van der Waals surface area contributed by atoms with E-state index in [-0.39, 0.29) is 17.9 Å². The molecular formula is C12H13NO4S. The van der Waals surface area contributed by atoms with Crippen LogP contribution in [0.25, 0.3) is 0 Å². The minimum Gasteiger partial charge on any atom is -0.478 e. The summed E-state index contributed by atoms with van der Waals surface area (Å²) in [5, 5.41) is 8.79. The highest BCUT2D eigenvalue weighted by molar-refractivity contribution is 7.88. The molecule has 0 spiro atoms. The Hall–Kier alpha value is -1.84. The van der Waals surface area contributed by atoms with E-state index in [0.717, 1.165) is 0 Å². The normalized spacial score (nSPS) is 10.8. The fourth-order valence-electron chi connectivity index (χ4n) is 1.34. The highest BCUT2D eigenvalue weighted by Gasteiger charge is 2.12. The molecule has 2 N–H and O–H groups in total. The number of aromatic carboxylic acids is 1. The van der Waals surface area contributed by atoms with Crippen molar-refractivity contribution in [2.24, 2.45) is 0 Å². The second kappa shape index (κ2) is 6.19. The molecule has 0 atom stereocenters. The molecule has 0 amide bonds. The summed E-state index contributed by atoms with van der Waals surface area (Å²) in [5.41, 5.74) is 0.481. The molecule has 0 aliphatic carbocycles. The standard InChI is InChI=1S/C12H13NO4S/c1-2-3-7-13-18(16,17)9-10-5-4-6-11(8-10)12(14)15/h1,4-6,8,13H,3,7,9H2,(H,14,15). The van der Waals surface area contributed by atoms with Gasteiger partial charge in [0, 0.05) is 13.0 Å². The minimum absolute atomic E-state index is 0.0614. The van der Waals surface area contributed by atoms with E-state index in [1.54, 1.807) is 6.07 Å². The van der Waals surface area contributed by atoms with Crippen LogP contribution in [0, 0.1) is 12.3 Å². The van der Waals surface area contributed by atoms with Gasteiger partial charge >= 0.3 is 5.97 Å². The zero-order valence-corrected chi connectivity index (χ0v) is 10.4. The third-order valence-electron chi connectivity index (χ3n) is 2.12. The van der Waals surface area contributed by atoms with Crippen LogP contribution in [0.3, 0.4) is 0 Å². The largest absolute Gasteiger partial charge is 0.478 e. The number of hydrogen-bond donors (Lipinski definition) is 2. The van der Waals surface area contributed by atoms with E-state index < -0.39 is 16.0 Å². The lowest BCUT2D eigenvalue weighted by Gasteiger charge is -2.06. The summed E-state index contributed by atoms with van der Waals surface area (Å²) in [7, 11) is -3.49. The summed E-state index contributed by atoms with van der Waals surface area (Å²) in [6.45, 7) is 0.178. The lowest BCUT2D eigenvalue weighted by atomic mass is 10.1. The second-order valence-electron chi connectivity index (χ2n) is 3.61. The Morgan fingerprint density at radius 3 is 2.78 bits per heavy atom. The fourth-order valence-corrected chi connectivity index (χ4v) is 2.48. The molecule has 0 radical (unpaired) electrons. The predicted molar refractivity (Wildman–Crippen MR) is 67.5 cm³/mol. The SMILES string of the molecule is C#CCCNS(=O)(=O)Cc1cccc(C(=O)O)c1. The van der Waals surface area contributed by atoms with Gasteiger partial charge in [-0.3, -0.25) is 0 Å². The van der Waals surface area contributed by atoms with Crippen LogP contribution in [0.1, 0.15) is 22.3 Å². The van der Waals surface area contributed by atoms with Gasteiger partial charge in [0.15, 0.2) is 0 Å². The van der Waals surface area contributed by atoms with Crippen molar-refractivity contribution in [3.63, 3.8) is 0 Å². The molecule has 0 aliphatic heterocycles. The number of sulfonamides is 1.